The lowest BCUT2D eigenvalue weighted by atomic mass is 10.1. The van der Waals surface area contributed by atoms with E-state index in [1.54, 1.807) is 0 Å². The van der Waals surface area contributed by atoms with Gasteiger partial charge in [-0.2, -0.15) is 0 Å². The summed E-state index contributed by atoms with van der Waals surface area (Å²) in [4.78, 5) is 11.9. The molecule has 3 N–H and O–H groups in total. The van der Waals surface area contributed by atoms with Crippen molar-refractivity contribution < 1.29 is 17.6 Å². The van der Waals surface area contributed by atoms with E-state index in [-0.39, 0.29) is 28.8 Å². The van der Waals surface area contributed by atoms with Crippen molar-refractivity contribution in [3.05, 3.63) is 29.6 Å². The summed E-state index contributed by atoms with van der Waals surface area (Å²) in [5.74, 6) is -1.10. The fraction of sp³-hybridized carbons (Fsp3) is 0.417. The van der Waals surface area contributed by atoms with E-state index in [2.05, 4.69) is 5.32 Å². The second-order valence-corrected chi connectivity index (χ2v) is 6.94. The number of carbonyl (C=O) groups is 1. The molecule has 0 unspecified atom stereocenters. The van der Waals surface area contributed by atoms with Crippen LogP contribution in [0.5, 0.6) is 0 Å². The minimum atomic E-state index is -2.97. The number of benzene rings is 1. The van der Waals surface area contributed by atoms with Crippen LogP contribution in [0.1, 0.15) is 23.2 Å². The Morgan fingerprint density at radius 1 is 1.32 bits per heavy atom. The van der Waals surface area contributed by atoms with Crippen molar-refractivity contribution in [1.82, 2.24) is 5.32 Å². The molecule has 0 radical (unpaired) electrons. The molecule has 19 heavy (non-hydrogen) atoms. The van der Waals surface area contributed by atoms with Crippen LogP contribution in [0, 0.1) is 5.82 Å². The molecule has 1 saturated heterocycles. The number of amides is 1. The van der Waals surface area contributed by atoms with E-state index in [4.69, 9.17) is 5.73 Å². The molecule has 0 bridgehead atoms. The molecule has 7 heteroatoms. The molecule has 0 aliphatic carbocycles. The van der Waals surface area contributed by atoms with Crippen molar-refractivity contribution in [3.63, 3.8) is 0 Å². The third-order valence-electron chi connectivity index (χ3n) is 3.13. The summed E-state index contributed by atoms with van der Waals surface area (Å²) in [5, 5.41) is 2.65. The van der Waals surface area contributed by atoms with Gasteiger partial charge in [-0.1, -0.05) is 0 Å². The lowest BCUT2D eigenvalue weighted by Gasteiger charge is -2.23. The maximum atomic E-state index is 13.5. The maximum absolute atomic E-state index is 13.5. The van der Waals surface area contributed by atoms with Gasteiger partial charge in [-0.25, -0.2) is 12.8 Å². The van der Waals surface area contributed by atoms with Crippen LogP contribution in [-0.2, 0) is 9.84 Å². The Labute approximate surface area is 110 Å². The quantitative estimate of drug-likeness (QED) is 0.784. The highest BCUT2D eigenvalue weighted by Gasteiger charge is 2.25. The first-order chi connectivity index (χ1) is 8.87. The van der Waals surface area contributed by atoms with Crippen molar-refractivity contribution in [3.8, 4) is 0 Å². The smallest absolute Gasteiger partial charge is 0.254 e. The highest BCUT2D eigenvalue weighted by atomic mass is 32.2. The van der Waals surface area contributed by atoms with Gasteiger partial charge in [0.25, 0.3) is 5.91 Å². The number of rotatable bonds is 2. The Morgan fingerprint density at radius 3 is 2.53 bits per heavy atom. The summed E-state index contributed by atoms with van der Waals surface area (Å²) >= 11 is 0. The van der Waals surface area contributed by atoms with E-state index < -0.39 is 21.6 Å². The van der Waals surface area contributed by atoms with E-state index >= 15 is 0 Å². The highest BCUT2D eigenvalue weighted by molar-refractivity contribution is 7.91. The minimum Gasteiger partial charge on any atom is -0.399 e. The normalized spacial score (nSPS) is 19.0. The molecule has 1 fully saturated rings. The van der Waals surface area contributed by atoms with Crippen LogP contribution >= 0.6 is 0 Å². The first-order valence-electron chi connectivity index (χ1n) is 5.94. The number of nitrogens with one attached hydrogen (secondary N) is 1. The number of halogens is 1. The number of sulfone groups is 1. The van der Waals surface area contributed by atoms with E-state index in [1.165, 1.54) is 12.1 Å². The summed E-state index contributed by atoms with van der Waals surface area (Å²) in [5.41, 5.74) is 5.57. The third kappa shape index (κ3) is 3.44. The zero-order valence-corrected chi connectivity index (χ0v) is 11.0. The van der Waals surface area contributed by atoms with E-state index in [0.717, 1.165) is 6.07 Å². The fourth-order valence-electron chi connectivity index (χ4n) is 2.01. The number of carbonyl (C=O) groups excluding carboxylic acids is 1. The number of hydrogen-bond acceptors (Lipinski definition) is 4. The molecule has 1 aromatic carbocycles. The molecular weight excluding hydrogens is 271 g/mol. The lowest BCUT2D eigenvalue weighted by molar-refractivity contribution is 0.0930. The molecule has 1 aliphatic rings. The van der Waals surface area contributed by atoms with Crippen molar-refractivity contribution in [2.75, 3.05) is 17.2 Å². The number of hydrogen-bond donors (Lipinski definition) is 2. The fourth-order valence-corrected chi connectivity index (χ4v) is 3.50. The first-order valence-corrected chi connectivity index (χ1v) is 7.76. The molecule has 104 valence electrons. The second-order valence-electron chi connectivity index (χ2n) is 4.64. The van der Waals surface area contributed by atoms with Gasteiger partial charge in [-0.3, -0.25) is 4.79 Å². The van der Waals surface area contributed by atoms with Gasteiger partial charge in [-0.15, -0.1) is 0 Å². The van der Waals surface area contributed by atoms with E-state index in [9.17, 15) is 17.6 Å². The Balaban J connectivity index is 2.02. The molecule has 1 amide bonds. The first kappa shape index (κ1) is 13.8. The van der Waals surface area contributed by atoms with Gasteiger partial charge < -0.3 is 11.1 Å². The zero-order valence-electron chi connectivity index (χ0n) is 10.2. The van der Waals surface area contributed by atoms with Gasteiger partial charge in [0.05, 0.1) is 17.1 Å². The summed E-state index contributed by atoms with van der Waals surface area (Å²) in [6.45, 7) is 0. The molecule has 0 spiro atoms. The summed E-state index contributed by atoms with van der Waals surface area (Å²) in [6, 6.07) is 3.62. The van der Waals surface area contributed by atoms with Crippen LogP contribution < -0.4 is 11.1 Å². The SMILES string of the molecule is Nc1ccc(C(=O)NC2CCS(=O)(=O)CC2)c(F)c1. The van der Waals surface area contributed by atoms with Gasteiger partial charge in [0.1, 0.15) is 15.7 Å². The molecule has 2 rings (SSSR count). The third-order valence-corrected chi connectivity index (χ3v) is 4.84. The van der Waals surface area contributed by atoms with E-state index in [0.29, 0.717) is 12.8 Å². The molecule has 0 aromatic heterocycles. The molecule has 5 nitrogen and oxygen atoms in total. The van der Waals surface area contributed by atoms with Gasteiger partial charge in [-0.05, 0) is 31.0 Å². The minimum absolute atomic E-state index is 0.0577. The monoisotopic (exact) mass is 286 g/mol. The predicted molar refractivity (Wildman–Crippen MR) is 70.0 cm³/mol. The average Bonchev–Trinajstić information content (AvgIpc) is 2.31. The molecule has 0 atom stereocenters. The van der Waals surface area contributed by atoms with Crippen molar-refractivity contribution >= 4 is 21.4 Å². The summed E-state index contributed by atoms with van der Waals surface area (Å²) < 4.78 is 36.1. The molecule has 1 aromatic rings. The van der Waals surface area contributed by atoms with Gasteiger partial charge in [0.2, 0.25) is 0 Å². The summed E-state index contributed by atoms with van der Waals surface area (Å²) in [7, 11) is -2.97. The van der Waals surface area contributed by atoms with Crippen LogP contribution in [0.3, 0.4) is 0 Å². The lowest BCUT2D eigenvalue weighted by Crippen LogP contribution is -2.41. The molecule has 1 aliphatic heterocycles. The Kier molecular flexibility index (Phi) is 3.75. The van der Waals surface area contributed by atoms with Crippen molar-refractivity contribution in [2.24, 2.45) is 0 Å². The van der Waals surface area contributed by atoms with Crippen molar-refractivity contribution in [1.29, 1.82) is 0 Å². The van der Waals surface area contributed by atoms with Crippen LogP contribution in [0.2, 0.25) is 0 Å². The topological polar surface area (TPSA) is 89.3 Å². The average molecular weight is 286 g/mol. The Hall–Kier alpha value is -1.63. The maximum Gasteiger partial charge on any atom is 0.254 e. The molecule has 0 saturated carbocycles. The zero-order chi connectivity index (χ0) is 14.0. The highest BCUT2D eigenvalue weighted by Crippen LogP contribution is 2.15. The number of nitrogens with two attached hydrogens (primary N) is 1. The Morgan fingerprint density at radius 2 is 1.95 bits per heavy atom. The van der Waals surface area contributed by atoms with Crippen LogP contribution in [-0.4, -0.2) is 31.9 Å². The van der Waals surface area contributed by atoms with Crippen LogP contribution in [0.25, 0.3) is 0 Å². The number of nitrogen functional groups attached to an aromatic ring is 1. The van der Waals surface area contributed by atoms with Crippen LogP contribution in [0.15, 0.2) is 18.2 Å². The van der Waals surface area contributed by atoms with Gasteiger partial charge in [0.15, 0.2) is 0 Å². The molecular formula is C12H15FN2O3S. The predicted octanol–water partition coefficient (Wildman–Crippen LogP) is 0.715. The molecule has 1 heterocycles. The second kappa shape index (κ2) is 5.16. The van der Waals surface area contributed by atoms with E-state index in [1.807, 2.05) is 0 Å². The van der Waals surface area contributed by atoms with Gasteiger partial charge >= 0.3 is 0 Å². The van der Waals surface area contributed by atoms with Crippen LogP contribution in [0.4, 0.5) is 10.1 Å². The summed E-state index contributed by atoms with van der Waals surface area (Å²) in [6.07, 6.45) is 0.731. The standard InChI is InChI=1S/C12H15FN2O3S/c13-11-7-8(14)1-2-10(11)12(16)15-9-3-5-19(17,18)6-4-9/h1-2,7,9H,3-6,14H2,(H,15,16). The van der Waals surface area contributed by atoms with Gasteiger partial charge in [0, 0.05) is 11.7 Å². The number of anilines is 1. The van der Waals surface area contributed by atoms with Crippen molar-refractivity contribution in [2.45, 2.75) is 18.9 Å². The largest absolute Gasteiger partial charge is 0.399 e. The Bertz CT molecular complexity index is 587.